The van der Waals surface area contributed by atoms with Crippen molar-refractivity contribution >= 4 is 14.8 Å². The molecule has 0 aliphatic heterocycles. The Morgan fingerprint density at radius 1 is 1.13 bits per heavy atom. The molecule has 0 bridgehead atoms. The third kappa shape index (κ3) is 3.90. The smallest absolute Gasteiger partial charge is 0.509 e. The van der Waals surface area contributed by atoms with Crippen molar-refractivity contribution in [1.29, 1.82) is 0 Å². The van der Waals surface area contributed by atoms with E-state index in [4.69, 9.17) is 13.3 Å². The van der Waals surface area contributed by atoms with Crippen LogP contribution in [0.3, 0.4) is 0 Å². The Balaban J connectivity index is 4.81. The van der Waals surface area contributed by atoms with E-state index in [0.717, 1.165) is 0 Å². The molecule has 15 heavy (non-hydrogen) atoms. The Kier molecular flexibility index (Phi) is 6.74. The molecule has 0 aromatic heterocycles. The lowest BCUT2D eigenvalue weighted by molar-refractivity contribution is -0.306. The highest BCUT2D eigenvalue weighted by atomic mass is 28.4. The van der Waals surface area contributed by atoms with E-state index in [1.807, 2.05) is 0 Å². The van der Waals surface area contributed by atoms with Gasteiger partial charge in [-0.15, -0.1) is 0 Å². The van der Waals surface area contributed by atoms with E-state index in [2.05, 4.69) is 0 Å². The largest absolute Gasteiger partial charge is 0.550 e. The van der Waals surface area contributed by atoms with Crippen molar-refractivity contribution < 1.29 is 23.2 Å². The second-order valence-electron chi connectivity index (χ2n) is 2.94. The summed E-state index contributed by atoms with van der Waals surface area (Å²) in [5.41, 5.74) is -0.850. The standard InChI is InChI=1S/C9H20O5Si/c1-5-12-15(13-6-2,14-7-3)8(4)9(10)11/h8H,5-7H2,1-4H3,(H,10,11)/p-1. The molecule has 0 aromatic carbocycles. The van der Waals surface area contributed by atoms with Crippen molar-refractivity contribution in [2.24, 2.45) is 0 Å². The number of carboxylic acid groups (broad SMARTS) is 1. The third-order valence-corrected chi connectivity index (χ3v) is 5.29. The highest BCUT2D eigenvalue weighted by molar-refractivity contribution is 6.65. The molecule has 0 aliphatic carbocycles. The summed E-state index contributed by atoms with van der Waals surface area (Å²) in [6.07, 6.45) is 0. The van der Waals surface area contributed by atoms with Gasteiger partial charge in [-0.1, -0.05) is 6.92 Å². The van der Waals surface area contributed by atoms with Crippen molar-refractivity contribution in [3.05, 3.63) is 0 Å². The van der Waals surface area contributed by atoms with Gasteiger partial charge in [0.15, 0.2) is 0 Å². The van der Waals surface area contributed by atoms with Crippen LogP contribution in [-0.4, -0.2) is 34.6 Å². The fraction of sp³-hybridized carbons (Fsp3) is 0.889. The fourth-order valence-electron chi connectivity index (χ4n) is 1.25. The molecule has 0 amide bonds. The zero-order valence-corrected chi connectivity index (χ0v) is 10.7. The number of aliphatic carboxylic acids is 1. The second-order valence-corrected chi connectivity index (χ2v) is 5.88. The first-order chi connectivity index (χ1) is 7.04. The van der Waals surface area contributed by atoms with Crippen LogP contribution in [0.2, 0.25) is 5.54 Å². The Hall–Kier alpha value is -0.433. The number of hydrogen-bond donors (Lipinski definition) is 0. The van der Waals surface area contributed by atoms with Gasteiger partial charge in [0.25, 0.3) is 0 Å². The van der Waals surface area contributed by atoms with Crippen LogP contribution in [-0.2, 0) is 18.1 Å². The van der Waals surface area contributed by atoms with Crippen LogP contribution in [0.5, 0.6) is 0 Å². The average molecular weight is 235 g/mol. The third-order valence-electron chi connectivity index (χ3n) is 1.92. The summed E-state index contributed by atoms with van der Waals surface area (Å²) >= 11 is 0. The lowest BCUT2D eigenvalue weighted by Crippen LogP contribution is -2.54. The van der Waals surface area contributed by atoms with E-state index in [0.29, 0.717) is 19.8 Å². The summed E-state index contributed by atoms with van der Waals surface area (Å²) in [7, 11) is -3.12. The molecule has 0 aromatic rings. The van der Waals surface area contributed by atoms with Gasteiger partial charge in [-0.2, -0.15) is 0 Å². The lowest BCUT2D eigenvalue weighted by atomic mass is 10.5. The number of rotatable bonds is 8. The summed E-state index contributed by atoms with van der Waals surface area (Å²) < 4.78 is 16.2. The van der Waals surface area contributed by atoms with Crippen LogP contribution in [0.15, 0.2) is 0 Å². The first-order valence-electron chi connectivity index (χ1n) is 5.16. The van der Waals surface area contributed by atoms with E-state index in [-0.39, 0.29) is 0 Å². The first-order valence-corrected chi connectivity index (χ1v) is 6.96. The average Bonchev–Trinajstić information content (AvgIpc) is 2.17. The molecule has 0 aliphatic rings. The molecule has 0 saturated carbocycles. The molecule has 0 rings (SSSR count). The van der Waals surface area contributed by atoms with Gasteiger partial charge in [-0.05, 0) is 20.8 Å². The van der Waals surface area contributed by atoms with Crippen LogP contribution < -0.4 is 5.11 Å². The zero-order chi connectivity index (χ0) is 11.9. The quantitative estimate of drug-likeness (QED) is 0.561. The predicted octanol–water partition coefficient (Wildman–Crippen LogP) is 0.175. The Morgan fingerprint density at radius 2 is 1.47 bits per heavy atom. The van der Waals surface area contributed by atoms with Crippen LogP contribution in [0.25, 0.3) is 0 Å². The maximum absolute atomic E-state index is 10.9. The molecule has 0 fully saturated rings. The molecular formula is C9H19O5Si-. The molecule has 1 atom stereocenters. The van der Waals surface area contributed by atoms with Crippen molar-refractivity contribution in [3.63, 3.8) is 0 Å². The van der Waals surface area contributed by atoms with Gasteiger partial charge in [0.1, 0.15) is 0 Å². The van der Waals surface area contributed by atoms with Crippen LogP contribution in [0.1, 0.15) is 27.7 Å². The van der Waals surface area contributed by atoms with Crippen molar-refractivity contribution in [3.8, 4) is 0 Å². The molecule has 0 radical (unpaired) electrons. The maximum Gasteiger partial charge on any atom is 0.509 e. The molecule has 0 spiro atoms. The van der Waals surface area contributed by atoms with Gasteiger partial charge in [-0.3, -0.25) is 0 Å². The minimum absolute atomic E-state index is 0.365. The predicted molar refractivity (Wildman–Crippen MR) is 55.1 cm³/mol. The summed E-state index contributed by atoms with van der Waals surface area (Å²) in [6.45, 7) is 7.94. The summed E-state index contributed by atoms with van der Waals surface area (Å²) in [6, 6.07) is 0. The molecule has 5 nitrogen and oxygen atoms in total. The Bertz CT molecular complexity index is 180. The highest BCUT2D eigenvalue weighted by Gasteiger charge is 2.47. The summed E-state index contributed by atoms with van der Waals surface area (Å²) in [4.78, 5) is 10.9. The summed E-state index contributed by atoms with van der Waals surface area (Å²) in [5, 5.41) is 10.9. The fourth-order valence-corrected chi connectivity index (χ4v) is 3.74. The molecule has 0 saturated heterocycles. The van der Waals surface area contributed by atoms with E-state index in [1.165, 1.54) is 6.92 Å². The van der Waals surface area contributed by atoms with Crippen molar-refractivity contribution in [2.45, 2.75) is 33.2 Å². The second kappa shape index (κ2) is 6.94. The normalized spacial score (nSPS) is 13.9. The number of hydrogen-bond acceptors (Lipinski definition) is 5. The molecular weight excluding hydrogens is 216 g/mol. The topological polar surface area (TPSA) is 67.8 Å². The van der Waals surface area contributed by atoms with Gasteiger partial charge in [0.05, 0.1) is 5.54 Å². The SMILES string of the molecule is CCO[Si](OCC)(OCC)C(C)C(=O)[O-]. The molecule has 90 valence electrons. The summed E-state index contributed by atoms with van der Waals surface area (Å²) in [5.74, 6) is -1.20. The Labute approximate surface area is 91.7 Å². The minimum Gasteiger partial charge on any atom is -0.550 e. The van der Waals surface area contributed by atoms with Gasteiger partial charge < -0.3 is 23.2 Å². The molecule has 0 heterocycles. The van der Waals surface area contributed by atoms with Gasteiger partial charge >= 0.3 is 8.80 Å². The van der Waals surface area contributed by atoms with Crippen LogP contribution in [0.4, 0.5) is 0 Å². The molecule has 6 heteroatoms. The van der Waals surface area contributed by atoms with E-state index in [1.54, 1.807) is 20.8 Å². The van der Waals surface area contributed by atoms with Gasteiger partial charge in [0, 0.05) is 25.8 Å². The van der Waals surface area contributed by atoms with E-state index >= 15 is 0 Å². The minimum atomic E-state index is -3.12. The number of carbonyl (C=O) groups excluding carboxylic acids is 1. The van der Waals surface area contributed by atoms with Crippen LogP contribution >= 0.6 is 0 Å². The van der Waals surface area contributed by atoms with Crippen molar-refractivity contribution in [2.75, 3.05) is 19.8 Å². The molecule has 0 N–H and O–H groups in total. The zero-order valence-electron chi connectivity index (χ0n) is 9.74. The maximum atomic E-state index is 10.9. The van der Waals surface area contributed by atoms with Gasteiger partial charge in [0.2, 0.25) is 0 Å². The number of carbonyl (C=O) groups is 1. The van der Waals surface area contributed by atoms with Crippen molar-refractivity contribution in [1.82, 2.24) is 0 Å². The van der Waals surface area contributed by atoms with E-state index in [9.17, 15) is 9.90 Å². The van der Waals surface area contributed by atoms with E-state index < -0.39 is 20.3 Å². The van der Waals surface area contributed by atoms with Crippen LogP contribution in [0, 0.1) is 0 Å². The monoisotopic (exact) mass is 235 g/mol. The number of carboxylic acids is 1. The van der Waals surface area contributed by atoms with Gasteiger partial charge in [-0.25, -0.2) is 0 Å². The Morgan fingerprint density at radius 3 is 1.67 bits per heavy atom. The molecule has 1 unspecified atom stereocenters. The first kappa shape index (κ1) is 14.6. The lowest BCUT2D eigenvalue weighted by Gasteiger charge is -2.33. The highest BCUT2D eigenvalue weighted by Crippen LogP contribution is 2.25.